The third-order valence-electron chi connectivity index (χ3n) is 4.02. The molecule has 2 aromatic rings. The number of hydrogen-bond acceptors (Lipinski definition) is 3. The van der Waals surface area contributed by atoms with Gasteiger partial charge in [-0.15, -0.1) is 11.3 Å². The minimum atomic E-state index is -0.540. The van der Waals surface area contributed by atoms with Gasteiger partial charge >= 0.3 is 0 Å². The van der Waals surface area contributed by atoms with Gasteiger partial charge in [-0.1, -0.05) is 30.7 Å². The lowest BCUT2D eigenvalue weighted by atomic mass is 9.80. The van der Waals surface area contributed by atoms with Crippen molar-refractivity contribution in [3.8, 4) is 0 Å². The maximum Gasteiger partial charge on any atom is 0.115 e. The normalized spacial score (nSPS) is 17.2. The van der Waals surface area contributed by atoms with Gasteiger partial charge in [0.25, 0.3) is 0 Å². The van der Waals surface area contributed by atoms with Gasteiger partial charge in [0.2, 0.25) is 0 Å². The number of thiazole rings is 1. The highest BCUT2D eigenvalue weighted by molar-refractivity contribution is 7.11. The second-order valence-corrected chi connectivity index (χ2v) is 6.61. The maximum absolute atomic E-state index is 10.5. The Kier molecular flexibility index (Phi) is 3.42. The van der Waals surface area contributed by atoms with Crippen molar-refractivity contribution in [2.24, 2.45) is 0 Å². The Morgan fingerprint density at radius 3 is 2.37 bits per heavy atom. The highest BCUT2D eigenvalue weighted by Crippen LogP contribution is 2.37. The fourth-order valence-corrected chi connectivity index (χ4v) is 3.59. The lowest BCUT2D eigenvalue weighted by Gasteiger charge is -2.26. The number of nitrogens with zero attached hydrogens (tertiary/aromatic N) is 1. The minimum absolute atomic E-state index is 0.540. The van der Waals surface area contributed by atoms with E-state index in [0.717, 1.165) is 27.1 Å². The zero-order valence-corrected chi connectivity index (χ0v) is 12.2. The van der Waals surface area contributed by atoms with Gasteiger partial charge in [0, 0.05) is 0 Å². The van der Waals surface area contributed by atoms with Crippen LogP contribution in [0.15, 0.2) is 24.3 Å². The Bertz CT molecular complexity index is 569. The summed E-state index contributed by atoms with van der Waals surface area (Å²) in [5, 5.41) is 11.5. The second kappa shape index (κ2) is 5.06. The lowest BCUT2D eigenvalue weighted by Crippen LogP contribution is -2.08. The van der Waals surface area contributed by atoms with Crippen LogP contribution in [0.1, 0.15) is 58.0 Å². The first kappa shape index (κ1) is 12.8. The molecule has 0 bridgehead atoms. The van der Waals surface area contributed by atoms with E-state index in [9.17, 15) is 5.11 Å². The third-order valence-corrected chi connectivity index (χ3v) is 5.14. The number of benzene rings is 1. The smallest absolute Gasteiger partial charge is 0.115 e. The molecule has 1 aromatic heterocycles. The minimum Gasteiger partial charge on any atom is -0.383 e. The van der Waals surface area contributed by atoms with Crippen molar-refractivity contribution in [3.63, 3.8) is 0 Å². The number of aryl methyl sites for hydroxylation is 2. The van der Waals surface area contributed by atoms with Crippen LogP contribution in [-0.2, 0) is 0 Å². The first-order valence-electron chi connectivity index (χ1n) is 6.87. The van der Waals surface area contributed by atoms with E-state index in [1.54, 1.807) is 11.3 Å². The summed E-state index contributed by atoms with van der Waals surface area (Å²) < 4.78 is 0. The SMILES string of the molecule is Cc1nc(C)c(C(O)c2ccc(C3CCC3)cc2)s1. The topological polar surface area (TPSA) is 33.1 Å². The van der Waals surface area contributed by atoms with Crippen molar-refractivity contribution in [1.29, 1.82) is 0 Å². The van der Waals surface area contributed by atoms with Crippen molar-refractivity contribution in [2.75, 3.05) is 0 Å². The van der Waals surface area contributed by atoms with Gasteiger partial charge in [0.1, 0.15) is 6.10 Å². The molecule has 2 nitrogen and oxygen atoms in total. The fourth-order valence-electron chi connectivity index (χ4n) is 2.64. The van der Waals surface area contributed by atoms with Crippen LogP contribution in [0.2, 0.25) is 0 Å². The molecule has 1 aromatic carbocycles. The molecule has 0 spiro atoms. The van der Waals surface area contributed by atoms with Crippen LogP contribution in [0.3, 0.4) is 0 Å². The van der Waals surface area contributed by atoms with E-state index in [4.69, 9.17) is 0 Å². The van der Waals surface area contributed by atoms with Gasteiger partial charge in [-0.3, -0.25) is 0 Å². The molecule has 1 unspecified atom stereocenters. The molecule has 0 radical (unpaired) electrons. The molecule has 1 aliphatic rings. The molecule has 19 heavy (non-hydrogen) atoms. The molecule has 0 saturated heterocycles. The van der Waals surface area contributed by atoms with Gasteiger partial charge in [0.15, 0.2) is 0 Å². The quantitative estimate of drug-likeness (QED) is 0.913. The van der Waals surface area contributed by atoms with Crippen LogP contribution >= 0.6 is 11.3 Å². The number of rotatable bonds is 3. The van der Waals surface area contributed by atoms with E-state index >= 15 is 0 Å². The van der Waals surface area contributed by atoms with Crippen molar-refractivity contribution < 1.29 is 5.11 Å². The molecule has 3 heteroatoms. The predicted octanol–water partition coefficient (Wildman–Crippen LogP) is 4.11. The molecule has 1 N–H and O–H groups in total. The molecule has 1 aliphatic carbocycles. The first-order chi connectivity index (χ1) is 9.15. The van der Waals surface area contributed by atoms with Crippen LogP contribution in [0.4, 0.5) is 0 Å². The van der Waals surface area contributed by atoms with Gasteiger partial charge in [-0.2, -0.15) is 0 Å². The Morgan fingerprint density at radius 1 is 1.21 bits per heavy atom. The van der Waals surface area contributed by atoms with E-state index in [-0.39, 0.29) is 0 Å². The van der Waals surface area contributed by atoms with Crippen molar-refractivity contribution in [2.45, 2.75) is 45.1 Å². The molecule has 1 saturated carbocycles. The summed E-state index contributed by atoms with van der Waals surface area (Å²) >= 11 is 1.58. The van der Waals surface area contributed by atoms with E-state index in [0.29, 0.717) is 0 Å². The Balaban J connectivity index is 1.83. The van der Waals surface area contributed by atoms with E-state index < -0.39 is 6.10 Å². The summed E-state index contributed by atoms with van der Waals surface area (Å²) in [5.74, 6) is 0.749. The average Bonchev–Trinajstić information content (AvgIpc) is 2.66. The molecular weight excluding hydrogens is 254 g/mol. The largest absolute Gasteiger partial charge is 0.383 e. The molecular formula is C16H19NOS. The lowest BCUT2D eigenvalue weighted by molar-refractivity contribution is 0.223. The average molecular weight is 273 g/mol. The highest BCUT2D eigenvalue weighted by atomic mass is 32.1. The van der Waals surface area contributed by atoms with Gasteiger partial charge in [-0.05, 0) is 43.7 Å². The Morgan fingerprint density at radius 2 is 1.89 bits per heavy atom. The maximum atomic E-state index is 10.5. The van der Waals surface area contributed by atoms with Crippen molar-refractivity contribution in [1.82, 2.24) is 4.98 Å². The number of aliphatic hydroxyl groups excluding tert-OH is 1. The second-order valence-electron chi connectivity index (χ2n) is 5.38. The summed E-state index contributed by atoms with van der Waals surface area (Å²) in [4.78, 5) is 5.35. The van der Waals surface area contributed by atoms with Crippen LogP contribution in [-0.4, -0.2) is 10.1 Å². The third kappa shape index (κ3) is 2.45. The summed E-state index contributed by atoms with van der Waals surface area (Å²) in [5.41, 5.74) is 3.33. The van der Waals surface area contributed by atoms with Crippen LogP contribution in [0.5, 0.6) is 0 Å². The fraction of sp³-hybridized carbons (Fsp3) is 0.438. The molecule has 1 fully saturated rings. The molecule has 100 valence electrons. The van der Waals surface area contributed by atoms with Gasteiger partial charge in [-0.25, -0.2) is 4.98 Å². The van der Waals surface area contributed by atoms with E-state index in [2.05, 4.69) is 29.2 Å². The zero-order chi connectivity index (χ0) is 13.4. The Labute approximate surface area is 118 Å². The highest BCUT2D eigenvalue weighted by Gasteiger charge is 2.21. The zero-order valence-electron chi connectivity index (χ0n) is 11.4. The number of aliphatic hydroxyl groups is 1. The number of aromatic nitrogens is 1. The van der Waals surface area contributed by atoms with E-state index in [1.807, 2.05) is 13.8 Å². The summed E-state index contributed by atoms with van der Waals surface area (Å²) in [7, 11) is 0. The van der Waals surface area contributed by atoms with Crippen LogP contribution < -0.4 is 0 Å². The monoisotopic (exact) mass is 273 g/mol. The summed E-state index contributed by atoms with van der Waals surface area (Å²) in [6.07, 6.45) is 3.44. The molecule has 1 heterocycles. The molecule has 0 amide bonds. The van der Waals surface area contributed by atoms with Gasteiger partial charge < -0.3 is 5.11 Å². The number of hydrogen-bond donors (Lipinski definition) is 1. The molecule has 1 atom stereocenters. The predicted molar refractivity (Wildman–Crippen MR) is 78.7 cm³/mol. The van der Waals surface area contributed by atoms with Crippen molar-refractivity contribution >= 4 is 11.3 Å². The molecule has 3 rings (SSSR count). The van der Waals surface area contributed by atoms with E-state index in [1.165, 1.54) is 24.8 Å². The summed E-state index contributed by atoms with van der Waals surface area (Å²) in [6, 6.07) is 8.47. The Hall–Kier alpha value is -1.19. The first-order valence-corrected chi connectivity index (χ1v) is 7.68. The van der Waals surface area contributed by atoms with Gasteiger partial charge in [0.05, 0.1) is 15.6 Å². The molecule has 0 aliphatic heterocycles. The standard InChI is InChI=1S/C16H19NOS/c1-10-16(19-11(2)17-10)15(18)14-8-6-13(7-9-14)12-4-3-5-12/h6-9,12,15,18H,3-5H2,1-2H3. The van der Waals surface area contributed by atoms with Crippen molar-refractivity contribution in [3.05, 3.63) is 51.0 Å². The van der Waals surface area contributed by atoms with Crippen LogP contribution in [0.25, 0.3) is 0 Å². The van der Waals surface area contributed by atoms with Crippen LogP contribution in [0, 0.1) is 13.8 Å². The summed E-state index contributed by atoms with van der Waals surface area (Å²) in [6.45, 7) is 3.94.